The minimum Gasteiger partial charge on any atom is -0.478 e. The molecular formula is C19H25FN4O4. The molecule has 1 atom stereocenters. The molecule has 0 aliphatic heterocycles. The van der Waals surface area contributed by atoms with Crippen molar-refractivity contribution in [3.05, 3.63) is 41.8 Å². The monoisotopic (exact) mass is 392 g/mol. The van der Waals surface area contributed by atoms with Crippen LogP contribution in [0.4, 0.5) is 4.39 Å². The van der Waals surface area contributed by atoms with Gasteiger partial charge in [-0.2, -0.15) is 4.98 Å². The summed E-state index contributed by atoms with van der Waals surface area (Å²) in [6, 6.07) is 5.76. The Hall–Kier alpha value is -2.97. The van der Waals surface area contributed by atoms with Crippen molar-refractivity contribution >= 4 is 11.8 Å². The Bertz CT molecular complexity index is 816. The van der Waals surface area contributed by atoms with Crippen LogP contribution in [0.2, 0.25) is 0 Å². The summed E-state index contributed by atoms with van der Waals surface area (Å²) in [4.78, 5) is 28.1. The molecule has 0 aliphatic carbocycles. The maximum atomic E-state index is 13.5. The molecule has 1 aromatic heterocycles. The number of halogens is 1. The van der Waals surface area contributed by atoms with E-state index in [1.165, 1.54) is 25.1 Å². The highest BCUT2D eigenvalue weighted by molar-refractivity contribution is 5.84. The number of hydrogen-bond acceptors (Lipinski definition) is 6. The molecule has 0 radical (unpaired) electrons. The van der Waals surface area contributed by atoms with Gasteiger partial charge in [-0.25, -0.2) is 4.39 Å². The molecule has 152 valence electrons. The molecule has 0 saturated carbocycles. The van der Waals surface area contributed by atoms with Gasteiger partial charge in [0.1, 0.15) is 0 Å². The van der Waals surface area contributed by atoms with E-state index in [0.717, 1.165) is 0 Å². The Kier molecular flexibility index (Phi) is 7.08. The molecule has 1 unspecified atom stereocenters. The lowest BCUT2D eigenvalue weighted by molar-refractivity contribution is -0.132. The number of hydrazine groups is 1. The second-order valence-electron chi connectivity index (χ2n) is 7.34. The van der Waals surface area contributed by atoms with E-state index in [-0.39, 0.29) is 23.5 Å². The Morgan fingerprint density at radius 3 is 2.61 bits per heavy atom. The van der Waals surface area contributed by atoms with Crippen LogP contribution < -0.4 is 15.6 Å². The molecule has 2 amide bonds. The minimum atomic E-state index is -0.980. The van der Waals surface area contributed by atoms with Crippen molar-refractivity contribution in [1.82, 2.24) is 21.0 Å². The van der Waals surface area contributed by atoms with E-state index in [9.17, 15) is 14.0 Å². The Morgan fingerprint density at radius 1 is 1.25 bits per heavy atom. The van der Waals surface area contributed by atoms with Gasteiger partial charge in [0.25, 0.3) is 5.91 Å². The predicted molar refractivity (Wildman–Crippen MR) is 98.7 cm³/mol. The molecule has 28 heavy (non-hydrogen) atoms. The highest BCUT2D eigenvalue weighted by atomic mass is 19.1. The summed E-state index contributed by atoms with van der Waals surface area (Å²) >= 11 is 0. The Balaban J connectivity index is 1.69. The maximum absolute atomic E-state index is 13.5. The summed E-state index contributed by atoms with van der Waals surface area (Å²) in [7, 11) is 0. The van der Waals surface area contributed by atoms with Crippen LogP contribution in [-0.4, -0.2) is 28.1 Å². The van der Waals surface area contributed by atoms with Crippen LogP contribution in [0.5, 0.6) is 5.75 Å². The number of rotatable bonds is 7. The van der Waals surface area contributed by atoms with E-state index < -0.39 is 17.8 Å². The fraction of sp³-hybridized carbons (Fsp3) is 0.474. The molecule has 1 aromatic carbocycles. The van der Waals surface area contributed by atoms with Crippen molar-refractivity contribution in [2.24, 2.45) is 0 Å². The largest absolute Gasteiger partial charge is 0.478 e. The van der Waals surface area contributed by atoms with Crippen LogP contribution in [0.3, 0.4) is 0 Å². The molecule has 0 fully saturated rings. The maximum Gasteiger partial charge on any atom is 0.279 e. The van der Waals surface area contributed by atoms with Crippen LogP contribution in [0.15, 0.2) is 28.8 Å². The van der Waals surface area contributed by atoms with Gasteiger partial charge in [-0.05, 0) is 25.5 Å². The number of benzene rings is 1. The van der Waals surface area contributed by atoms with Gasteiger partial charge in [0.05, 0.1) is 0 Å². The molecule has 0 spiro atoms. The molecule has 2 N–H and O–H groups in total. The van der Waals surface area contributed by atoms with Gasteiger partial charge >= 0.3 is 0 Å². The molecular weight excluding hydrogens is 367 g/mol. The van der Waals surface area contributed by atoms with E-state index >= 15 is 0 Å². The topological polar surface area (TPSA) is 106 Å². The van der Waals surface area contributed by atoms with Gasteiger partial charge in [-0.3, -0.25) is 20.4 Å². The first-order valence-corrected chi connectivity index (χ1v) is 9.00. The highest BCUT2D eigenvalue weighted by Crippen LogP contribution is 2.19. The number of aromatic nitrogens is 2. The zero-order chi connectivity index (χ0) is 20.7. The number of carbonyl (C=O) groups is 2. The van der Waals surface area contributed by atoms with Crippen LogP contribution in [0, 0.1) is 5.82 Å². The number of hydrogen-bond donors (Lipinski definition) is 2. The standard InChI is InChI=1S/C19H25FN4O4/c1-12(27-14-9-6-5-8-13(14)20)17(26)23-22-15(25)10-7-11-16-21-18(24-28-16)19(2,3)4/h5-6,8-9,12H,7,10-11H2,1-4H3,(H,22,25)(H,23,26). The lowest BCUT2D eigenvalue weighted by atomic mass is 9.96. The first kappa shape index (κ1) is 21.3. The van der Waals surface area contributed by atoms with Gasteiger partial charge in [0.15, 0.2) is 23.5 Å². The summed E-state index contributed by atoms with van der Waals surface area (Å²) in [6.45, 7) is 7.40. The lowest BCUT2D eigenvalue weighted by Gasteiger charge is -2.15. The summed E-state index contributed by atoms with van der Waals surface area (Å²) < 4.78 is 23.9. The number of nitrogens with one attached hydrogen (secondary N) is 2. The molecule has 0 aliphatic rings. The van der Waals surface area contributed by atoms with E-state index in [0.29, 0.717) is 24.6 Å². The fourth-order valence-corrected chi connectivity index (χ4v) is 2.14. The van der Waals surface area contributed by atoms with Crippen molar-refractivity contribution < 1.29 is 23.2 Å². The van der Waals surface area contributed by atoms with Crippen molar-refractivity contribution in [2.75, 3.05) is 0 Å². The van der Waals surface area contributed by atoms with Gasteiger partial charge in [0, 0.05) is 18.3 Å². The van der Waals surface area contributed by atoms with Gasteiger partial charge in [-0.1, -0.05) is 38.1 Å². The quantitative estimate of drug-likeness (QED) is 0.701. The molecule has 1 heterocycles. The number of aryl methyl sites for hydroxylation is 1. The highest BCUT2D eigenvalue weighted by Gasteiger charge is 2.21. The zero-order valence-electron chi connectivity index (χ0n) is 16.4. The van der Waals surface area contributed by atoms with Crippen molar-refractivity contribution in [2.45, 2.75) is 58.5 Å². The minimum absolute atomic E-state index is 0.0364. The number of para-hydroxylation sites is 1. The number of carbonyl (C=O) groups excluding carboxylic acids is 2. The van der Waals surface area contributed by atoms with Crippen LogP contribution in [0.1, 0.15) is 52.3 Å². The Morgan fingerprint density at radius 2 is 1.96 bits per heavy atom. The van der Waals surface area contributed by atoms with Crippen molar-refractivity contribution in [1.29, 1.82) is 0 Å². The van der Waals surface area contributed by atoms with Crippen molar-refractivity contribution in [3.63, 3.8) is 0 Å². The average molecular weight is 392 g/mol. The normalized spacial score (nSPS) is 12.3. The second kappa shape index (κ2) is 9.29. The number of ether oxygens (including phenoxy) is 1. The summed E-state index contributed by atoms with van der Waals surface area (Å²) in [6.07, 6.45) is 0.119. The van der Waals surface area contributed by atoms with E-state index in [4.69, 9.17) is 9.26 Å². The lowest BCUT2D eigenvalue weighted by Crippen LogP contribution is -2.47. The van der Waals surface area contributed by atoms with E-state index in [2.05, 4.69) is 21.0 Å². The third-order valence-electron chi connectivity index (χ3n) is 3.77. The van der Waals surface area contributed by atoms with E-state index in [1.54, 1.807) is 6.07 Å². The molecule has 0 saturated heterocycles. The molecule has 0 bridgehead atoms. The predicted octanol–water partition coefficient (Wildman–Crippen LogP) is 2.44. The first-order valence-electron chi connectivity index (χ1n) is 9.00. The third-order valence-corrected chi connectivity index (χ3v) is 3.77. The second-order valence-corrected chi connectivity index (χ2v) is 7.34. The van der Waals surface area contributed by atoms with Crippen LogP contribution >= 0.6 is 0 Å². The van der Waals surface area contributed by atoms with Gasteiger partial charge in [0.2, 0.25) is 11.8 Å². The average Bonchev–Trinajstić information content (AvgIpc) is 3.11. The smallest absolute Gasteiger partial charge is 0.279 e. The van der Waals surface area contributed by atoms with Gasteiger partial charge < -0.3 is 9.26 Å². The number of amides is 2. The molecule has 2 aromatic rings. The number of nitrogens with zero attached hydrogens (tertiary/aromatic N) is 2. The molecule has 2 rings (SSSR count). The molecule has 8 nitrogen and oxygen atoms in total. The van der Waals surface area contributed by atoms with Crippen LogP contribution in [-0.2, 0) is 21.4 Å². The SMILES string of the molecule is CC(Oc1ccccc1F)C(=O)NNC(=O)CCCc1nc(C(C)(C)C)no1. The van der Waals surface area contributed by atoms with E-state index in [1.807, 2.05) is 20.8 Å². The fourth-order valence-electron chi connectivity index (χ4n) is 2.14. The van der Waals surface area contributed by atoms with Crippen molar-refractivity contribution in [3.8, 4) is 5.75 Å². The molecule has 9 heteroatoms. The summed E-state index contributed by atoms with van der Waals surface area (Å²) in [5, 5.41) is 3.92. The van der Waals surface area contributed by atoms with Gasteiger partial charge in [-0.15, -0.1) is 0 Å². The summed E-state index contributed by atoms with van der Waals surface area (Å²) in [5.41, 5.74) is 4.35. The zero-order valence-corrected chi connectivity index (χ0v) is 16.4. The Labute approximate surface area is 162 Å². The third kappa shape index (κ3) is 6.33. The van der Waals surface area contributed by atoms with Crippen LogP contribution in [0.25, 0.3) is 0 Å². The summed E-state index contributed by atoms with van der Waals surface area (Å²) in [5.74, 6) is -0.491. The first-order chi connectivity index (χ1) is 13.2.